The van der Waals surface area contributed by atoms with E-state index in [0.717, 1.165) is 13.0 Å². The Kier molecular flexibility index (Phi) is 5.81. The first-order chi connectivity index (χ1) is 8.27. The minimum atomic E-state index is -0.0252. The van der Waals surface area contributed by atoms with E-state index < -0.39 is 0 Å². The van der Waals surface area contributed by atoms with Crippen LogP contribution < -0.4 is 10.5 Å². The monoisotopic (exact) mass is 239 g/mol. The van der Waals surface area contributed by atoms with E-state index in [-0.39, 0.29) is 5.84 Å². The molecule has 0 spiro atoms. The van der Waals surface area contributed by atoms with E-state index in [4.69, 9.17) is 20.4 Å². The number of aromatic nitrogens is 1. The summed E-state index contributed by atoms with van der Waals surface area (Å²) in [5, 5.41) is 11.3. The third-order valence-corrected chi connectivity index (χ3v) is 1.95. The van der Waals surface area contributed by atoms with Crippen molar-refractivity contribution in [2.45, 2.75) is 13.3 Å². The highest BCUT2D eigenvalue weighted by Crippen LogP contribution is 2.08. The summed E-state index contributed by atoms with van der Waals surface area (Å²) in [6.45, 7) is 3.82. The van der Waals surface area contributed by atoms with Crippen LogP contribution in [0.4, 0.5) is 0 Å². The molecule has 1 aromatic rings. The molecular weight excluding hydrogens is 222 g/mol. The third kappa shape index (κ3) is 4.69. The number of pyridine rings is 1. The quantitative estimate of drug-likeness (QED) is 0.243. The Labute approximate surface area is 100 Å². The second-order valence-corrected chi connectivity index (χ2v) is 3.33. The van der Waals surface area contributed by atoms with E-state index in [1.165, 1.54) is 6.20 Å². The number of nitrogens with two attached hydrogens (primary N) is 1. The molecule has 6 heteroatoms. The summed E-state index contributed by atoms with van der Waals surface area (Å²) in [6.07, 6.45) is 2.52. The molecule has 0 saturated carbocycles. The molecule has 94 valence electrons. The van der Waals surface area contributed by atoms with Crippen LogP contribution in [0.1, 0.15) is 19.0 Å². The Balaban J connectivity index is 2.35. The number of ether oxygens (including phenoxy) is 2. The number of hydrogen-bond donors (Lipinski definition) is 2. The van der Waals surface area contributed by atoms with Gasteiger partial charge in [-0.25, -0.2) is 4.98 Å². The molecule has 17 heavy (non-hydrogen) atoms. The molecule has 1 aromatic heterocycles. The molecule has 0 aliphatic heterocycles. The predicted molar refractivity (Wildman–Crippen MR) is 63.4 cm³/mol. The van der Waals surface area contributed by atoms with E-state index >= 15 is 0 Å². The Morgan fingerprint density at radius 3 is 2.82 bits per heavy atom. The van der Waals surface area contributed by atoms with Gasteiger partial charge < -0.3 is 20.4 Å². The highest BCUT2D eigenvalue weighted by Gasteiger charge is 2.01. The SMILES string of the molecule is CCCOCCOc1ccc(/C(N)=N/O)nc1. The van der Waals surface area contributed by atoms with Crippen LogP contribution in [0.25, 0.3) is 0 Å². The number of nitrogens with zero attached hydrogens (tertiary/aromatic N) is 2. The van der Waals surface area contributed by atoms with Crippen LogP contribution in [0.5, 0.6) is 5.75 Å². The zero-order valence-electron chi connectivity index (χ0n) is 9.80. The van der Waals surface area contributed by atoms with Gasteiger partial charge in [0.15, 0.2) is 5.84 Å². The van der Waals surface area contributed by atoms with Gasteiger partial charge in [0.25, 0.3) is 0 Å². The summed E-state index contributed by atoms with van der Waals surface area (Å²) in [5.74, 6) is 0.599. The smallest absolute Gasteiger partial charge is 0.188 e. The first kappa shape index (κ1) is 13.2. The molecule has 0 atom stereocenters. The Morgan fingerprint density at radius 2 is 2.24 bits per heavy atom. The van der Waals surface area contributed by atoms with Crippen molar-refractivity contribution in [3.63, 3.8) is 0 Å². The van der Waals surface area contributed by atoms with Gasteiger partial charge in [0.1, 0.15) is 18.1 Å². The fraction of sp³-hybridized carbons (Fsp3) is 0.455. The van der Waals surface area contributed by atoms with Gasteiger partial charge in [0.2, 0.25) is 0 Å². The number of hydrogen-bond acceptors (Lipinski definition) is 5. The van der Waals surface area contributed by atoms with E-state index in [1.807, 2.05) is 0 Å². The summed E-state index contributed by atoms with van der Waals surface area (Å²) in [4.78, 5) is 3.98. The molecule has 3 N–H and O–H groups in total. The van der Waals surface area contributed by atoms with Gasteiger partial charge in [-0.3, -0.25) is 0 Å². The Hall–Kier alpha value is -1.82. The van der Waals surface area contributed by atoms with Crippen molar-refractivity contribution in [2.75, 3.05) is 19.8 Å². The maximum atomic E-state index is 8.46. The fourth-order valence-corrected chi connectivity index (χ4v) is 1.13. The molecular formula is C11H17N3O3. The maximum Gasteiger partial charge on any atom is 0.188 e. The van der Waals surface area contributed by atoms with E-state index in [1.54, 1.807) is 12.1 Å². The summed E-state index contributed by atoms with van der Waals surface area (Å²) in [6, 6.07) is 3.33. The van der Waals surface area contributed by atoms with Crippen LogP contribution >= 0.6 is 0 Å². The van der Waals surface area contributed by atoms with E-state index in [9.17, 15) is 0 Å². The second-order valence-electron chi connectivity index (χ2n) is 3.33. The topological polar surface area (TPSA) is 90.0 Å². The minimum absolute atomic E-state index is 0.0252. The maximum absolute atomic E-state index is 8.46. The van der Waals surface area contributed by atoms with Crippen molar-refractivity contribution in [3.05, 3.63) is 24.0 Å². The molecule has 0 fully saturated rings. The standard InChI is InChI=1S/C11H17N3O3/c1-2-5-16-6-7-17-9-3-4-10(13-8-9)11(12)14-15/h3-4,8,15H,2,5-7H2,1H3,(H2,12,14). The lowest BCUT2D eigenvalue weighted by molar-refractivity contribution is 0.100. The summed E-state index contributed by atoms with van der Waals surface area (Å²) in [5.41, 5.74) is 5.78. The normalized spacial score (nSPS) is 11.5. The van der Waals surface area contributed by atoms with Gasteiger partial charge in [-0.05, 0) is 18.6 Å². The molecule has 0 aromatic carbocycles. The predicted octanol–water partition coefficient (Wildman–Crippen LogP) is 0.982. The first-order valence-corrected chi connectivity index (χ1v) is 5.42. The largest absolute Gasteiger partial charge is 0.490 e. The molecule has 1 rings (SSSR count). The van der Waals surface area contributed by atoms with E-state index in [0.29, 0.717) is 24.7 Å². The first-order valence-electron chi connectivity index (χ1n) is 5.42. The molecule has 0 aliphatic carbocycles. The molecule has 0 saturated heterocycles. The zero-order valence-corrected chi connectivity index (χ0v) is 9.80. The van der Waals surface area contributed by atoms with Gasteiger partial charge >= 0.3 is 0 Å². The van der Waals surface area contributed by atoms with Gasteiger partial charge in [-0.1, -0.05) is 12.1 Å². The van der Waals surface area contributed by atoms with Crippen LogP contribution in [0.15, 0.2) is 23.5 Å². The highest BCUT2D eigenvalue weighted by molar-refractivity contribution is 5.95. The summed E-state index contributed by atoms with van der Waals surface area (Å²) in [7, 11) is 0. The second kappa shape index (κ2) is 7.45. The number of oxime groups is 1. The third-order valence-electron chi connectivity index (χ3n) is 1.95. The number of rotatable bonds is 7. The van der Waals surface area contributed by atoms with E-state index in [2.05, 4.69) is 17.1 Å². The lowest BCUT2D eigenvalue weighted by Crippen LogP contribution is -2.15. The van der Waals surface area contributed by atoms with Crippen LogP contribution in [-0.4, -0.2) is 35.8 Å². The average Bonchev–Trinajstić information content (AvgIpc) is 2.38. The Morgan fingerprint density at radius 1 is 1.41 bits per heavy atom. The summed E-state index contributed by atoms with van der Waals surface area (Å²) < 4.78 is 10.7. The van der Waals surface area contributed by atoms with Crippen molar-refractivity contribution in [1.29, 1.82) is 0 Å². The lowest BCUT2D eigenvalue weighted by atomic mass is 10.3. The van der Waals surface area contributed by atoms with Crippen LogP contribution in [0.2, 0.25) is 0 Å². The van der Waals surface area contributed by atoms with Crippen LogP contribution in [0, 0.1) is 0 Å². The van der Waals surface area contributed by atoms with Crippen molar-refractivity contribution in [1.82, 2.24) is 4.98 Å². The van der Waals surface area contributed by atoms with Crippen molar-refractivity contribution >= 4 is 5.84 Å². The van der Waals surface area contributed by atoms with Crippen molar-refractivity contribution < 1.29 is 14.7 Å². The van der Waals surface area contributed by atoms with Gasteiger partial charge in [0.05, 0.1) is 12.8 Å². The molecule has 0 radical (unpaired) electrons. The van der Waals surface area contributed by atoms with Crippen molar-refractivity contribution in [2.24, 2.45) is 10.9 Å². The molecule has 0 aliphatic rings. The fourth-order valence-electron chi connectivity index (χ4n) is 1.13. The van der Waals surface area contributed by atoms with Gasteiger partial charge in [-0.2, -0.15) is 0 Å². The summed E-state index contributed by atoms with van der Waals surface area (Å²) >= 11 is 0. The molecule has 1 heterocycles. The van der Waals surface area contributed by atoms with Crippen molar-refractivity contribution in [3.8, 4) is 5.75 Å². The van der Waals surface area contributed by atoms with Crippen LogP contribution in [-0.2, 0) is 4.74 Å². The lowest BCUT2D eigenvalue weighted by Gasteiger charge is -2.06. The number of amidine groups is 1. The molecule has 0 unspecified atom stereocenters. The molecule has 0 amide bonds. The zero-order chi connectivity index (χ0) is 12.5. The van der Waals surface area contributed by atoms with Gasteiger partial charge in [0, 0.05) is 6.61 Å². The van der Waals surface area contributed by atoms with Gasteiger partial charge in [-0.15, -0.1) is 0 Å². The Bertz CT molecular complexity index is 351. The minimum Gasteiger partial charge on any atom is -0.490 e. The average molecular weight is 239 g/mol. The molecule has 0 bridgehead atoms. The molecule has 6 nitrogen and oxygen atoms in total. The highest BCUT2D eigenvalue weighted by atomic mass is 16.5. The van der Waals surface area contributed by atoms with Crippen LogP contribution in [0.3, 0.4) is 0 Å².